The maximum absolute atomic E-state index is 5.46. The van der Waals surface area contributed by atoms with Gasteiger partial charge in [-0.2, -0.15) is 0 Å². The quantitative estimate of drug-likeness (QED) is 0.493. The van der Waals surface area contributed by atoms with E-state index in [-0.39, 0.29) is 0 Å². The van der Waals surface area contributed by atoms with Crippen LogP contribution in [0.2, 0.25) is 0 Å². The first-order valence-corrected chi connectivity index (χ1v) is 10.2. The summed E-state index contributed by atoms with van der Waals surface area (Å²) < 4.78 is 10.7. The molecule has 1 aliphatic rings. The molecule has 0 aromatic heterocycles. The van der Waals surface area contributed by atoms with Gasteiger partial charge in [-0.25, -0.2) is 0 Å². The predicted octanol–water partition coefficient (Wildman–Crippen LogP) is 1.64. The van der Waals surface area contributed by atoms with E-state index in [4.69, 9.17) is 9.47 Å². The van der Waals surface area contributed by atoms with Crippen molar-refractivity contribution in [3.8, 4) is 11.5 Å². The lowest BCUT2D eigenvalue weighted by molar-refractivity contribution is 0.124. The van der Waals surface area contributed by atoms with Crippen molar-refractivity contribution in [2.24, 2.45) is 10.9 Å². The lowest BCUT2D eigenvalue weighted by Crippen LogP contribution is -2.48. The lowest BCUT2D eigenvalue weighted by atomic mass is 10.1. The molecule has 0 spiro atoms. The Morgan fingerprint density at radius 2 is 1.82 bits per heavy atom. The molecule has 7 nitrogen and oxygen atoms in total. The molecule has 1 unspecified atom stereocenters. The van der Waals surface area contributed by atoms with E-state index < -0.39 is 0 Å². The van der Waals surface area contributed by atoms with Crippen LogP contribution < -0.4 is 20.1 Å². The van der Waals surface area contributed by atoms with Crippen LogP contribution in [0.15, 0.2) is 23.2 Å². The highest BCUT2D eigenvalue weighted by atomic mass is 16.5. The van der Waals surface area contributed by atoms with Gasteiger partial charge in [0.05, 0.1) is 14.2 Å². The van der Waals surface area contributed by atoms with E-state index in [9.17, 15) is 0 Å². The minimum absolute atomic E-state index is 0.558. The topological polar surface area (TPSA) is 61.4 Å². The second kappa shape index (κ2) is 11.8. The molecule has 1 aromatic rings. The number of ether oxygens (including phenoxy) is 2. The van der Waals surface area contributed by atoms with Crippen molar-refractivity contribution in [1.29, 1.82) is 0 Å². The molecule has 1 aliphatic heterocycles. The molecular formula is C21H37N5O2. The molecule has 1 aromatic carbocycles. The third-order valence-electron chi connectivity index (χ3n) is 5.26. The van der Waals surface area contributed by atoms with Crippen LogP contribution in [0.3, 0.4) is 0 Å². The van der Waals surface area contributed by atoms with E-state index in [1.54, 1.807) is 21.3 Å². The first-order chi connectivity index (χ1) is 13.6. The molecule has 1 atom stereocenters. The number of rotatable bonds is 9. The number of benzene rings is 1. The van der Waals surface area contributed by atoms with Gasteiger partial charge >= 0.3 is 0 Å². The van der Waals surface area contributed by atoms with E-state index in [2.05, 4.69) is 39.3 Å². The van der Waals surface area contributed by atoms with Crippen LogP contribution in [-0.2, 0) is 6.54 Å². The normalized spacial score (nSPS) is 17.2. The molecule has 0 aliphatic carbocycles. The van der Waals surface area contributed by atoms with Gasteiger partial charge in [-0.15, -0.1) is 0 Å². The van der Waals surface area contributed by atoms with Gasteiger partial charge in [-0.1, -0.05) is 13.8 Å². The van der Waals surface area contributed by atoms with Crippen LogP contribution >= 0.6 is 0 Å². The third-order valence-corrected chi connectivity index (χ3v) is 5.26. The molecule has 0 saturated carbocycles. The maximum Gasteiger partial charge on any atom is 0.191 e. The smallest absolute Gasteiger partial charge is 0.191 e. The molecule has 2 rings (SSSR count). The van der Waals surface area contributed by atoms with Crippen molar-refractivity contribution in [3.63, 3.8) is 0 Å². The lowest BCUT2D eigenvalue weighted by Gasteiger charge is -2.35. The van der Waals surface area contributed by atoms with Gasteiger partial charge in [0.1, 0.15) is 11.5 Å². The van der Waals surface area contributed by atoms with Crippen molar-refractivity contribution in [2.75, 3.05) is 67.1 Å². The Hall–Kier alpha value is -1.99. The summed E-state index contributed by atoms with van der Waals surface area (Å²) in [5.74, 6) is 2.96. The molecule has 1 heterocycles. The summed E-state index contributed by atoms with van der Waals surface area (Å²) in [5, 5.41) is 6.81. The number of aliphatic imine (C=N–C) groups is 1. The highest BCUT2D eigenvalue weighted by Crippen LogP contribution is 2.24. The Labute approximate surface area is 170 Å². The van der Waals surface area contributed by atoms with Crippen LogP contribution in [0.25, 0.3) is 0 Å². The Balaban J connectivity index is 1.75. The van der Waals surface area contributed by atoms with Gasteiger partial charge < -0.3 is 29.9 Å². The van der Waals surface area contributed by atoms with E-state index in [0.717, 1.165) is 42.7 Å². The minimum atomic E-state index is 0.558. The number of hydrogen-bond acceptors (Lipinski definition) is 5. The zero-order valence-corrected chi connectivity index (χ0v) is 18.1. The molecular weight excluding hydrogens is 354 g/mol. The van der Waals surface area contributed by atoms with Crippen molar-refractivity contribution >= 4 is 5.96 Å². The van der Waals surface area contributed by atoms with E-state index in [1.807, 2.05) is 18.2 Å². The average Bonchev–Trinajstić information content (AvgIpc) is 2.74. The molecule has 7 heteroatoms. The van der Waals surface area contributed by atoms with Gasteiger partial charge in [0.25, 0.3) is 0 Å². The first-order valence-electron chi connectivity index (χ1n) is 10.2. The monoisotopic (exact) mass is 391 g/mol. The summed E-state index contributed by atoms with van der Waals surface area (Å²) in [6.45, 7) is 13.0. The van der Waals surface area contributed by atoms with Crippen LogP contribution in [0.5, 0.6) is 11.5 Å². The molecule has 0 radical (unpaired) electrons. The van der Waals surface area contributed by atoms with Gasteiger partial charge in [0, 0.05) is 64.5 Å². The Morgan fingerprint density at radius 1 is 1.11 bits per heavy atom. The zero-order valence-electron chi connectivity index (χ0n) is 18.1. The van der Waals surface area contributed by atoms with Gasteiger partial charge in [-0.05, 0) is 24.6 Å². The molecule has 0 bridgehead atoms. The second-order valence-corrected chi connectivity index (χ2v) is 7.32. The molecule has 158 valence electrons. The zero-order chi connectivity index (χ0) is 20.4. The summed E-state index contributed by atoms with van der Waals surface area (Å²) in [6, 6.07) is 5.85. The van der Waals surface area contributed by atoms with E-state index >= 15 is 0 Å². The number of hydrogen-bond donors (Lipinski definition) is 2. The van der Waals surface area contributed by atoms with Crippen LogP contribution in [0.4, 0.5) is 0 Å². The second-order valence-electron chi connectivity index (χ2n) is 7.32. The van der Waals surface area contributed by atoms with Gasteiger partial charge in [-0.3, -0.25) is 4.99 Å². The van der Waals surface area contributed by atoms with Crippen molar-refractivity contribution in [3.05, 3.63) is 23.8 Å². The van der Waals surface area contributed by atoms with Crippen LogP contribution in [-0.4, -0.2) is 82.8 Å². The van der Waals surface area contributed by atoms with Crippen LogP contribution in [0.1, 0.15) is 19.4 Å². The predicted molar refractivity (Wildman–Crippen MR) is 115 cm³/mol. The number of guanidine groups is 1. The Kier molecular flexibility index (Phi) is 9.37. The number of likely N-dealkylation sites (N-methyl/N-ethyl adjacent to an activating group) is 1. The summed E-state index contributed by atoms with van der Waals surface area (Å²) in [6.07, 6.45) is 0. The molecule has 1 saturated heterocycles. The number of piperazine rings is 1. The summed E-state index contributed by atoms with van der Waals surface area (Å²) >= 11 is 0. The van der Waals surface area contributed by atoms with Crippen LogP contribution in [0, 0.1) is 5.92 Å². The summed E-state index contributed by atoms with van der Waals surface area (Å²) in [4.78, 5) is 9.42. The minimum Gasteiger partial charge on any atom is -0.497 e. The molecule has 0 amide bonds. The summed E-state index contributed by atoms with van der Waals surface area (Å²) in [5.41, 5.74) is 1.06. The number of nitrogens with zero attached hydrogens (tertiary/aromatic N) is 3. The van der Waals surface area contributed by atoms with E-state index in [1.165, 1.54) is 26.2 Å². The highest BCUT2D eigenvalue weighted by molar-refractivity contribution is 5.79. The largest absolute Gasteiger partial charge is 0.497 e. The van der Waals surface area contributed by atoms with Gasteiger partial charge in [0.2, 0.25) is 0 Å². The first kappa shape index (κ1) is 22.3. The molecule has 28 heavy (non-hydrogen) atoms. The Morgan fingerprint density at radius 3 is 2.43 bits per heavy atom. The fourth-order valence-corrected chi connectivity index (χ4v) is 3.46. The number of nitrogens with one attached hydrogen (secondary N) is 2. The SMILES string of the molecule is CCN1CCN(CC(C)CNC(=NC)NCc2ccc(OC)cc2OC)CC1. The van der Waals surface area contributed by atoms with Crippen molar-refractivity contribution < 1.29 is 9.47 Å². The fourth-order valence-electron chi connectivity index (χ4n) is 3.46. The fraction of sp³-hybridized carbons (Fsp3) is 0.667. The number of methoxy groups -OCH3 is 2. The van der Waals surface area contributed by atoms with E-state index in [0.29, 0.717) is 12.5 Å². The maximum atomic E-state index is 5.46. The highest BCUT2D eigenvalue weighted by Gasteiger charge is 2.17. The Bertz CT molecular complexity index is 615. The summed E-state index contributed by atoms with van der Waals surface area (Å²) in [7, 11) is 5.13. The average molecular weight is 392 g/mol. The van der Waals surface area contributed by atoms with Crippen molar-refractivity contribution in [2.45, 2.75) is 20.4 Å². The molecule has 1 fully saturated rings. The standard InChI is InChI=1S/C21H37N5O2/c1-6-25-9-11-26(12-10-25)16-17(2)14-23-21(22-3)24-15-18-7-8-19(27-4)13-20(18)28-5/h7-8,13,17H,6,9-12,14-16H2,1-5H3,(H2,22,23,24). The van der Waals surface area contributed by atoms with Gasteiger partial charge in [0.15, 0.2) is 5.96 Å². The third kappa shape index (κ3) is 6.87. The molecule has 2 N–H and O–H groups in total. The van der Waals surface area contributed by atoms with Crippen molar-refractivity contribution in [1.82, 2.24) is 20.4 Å².